The van der Waals surface area contributed by atoms with Gasteiger partial charge in [-0.1, -0.05) is 37.8 Å². The van der Waals surface area contributed by atoms with Crippen LogP contribution < -0.4 is 5.32 Å². The molecular formula is C7H13NS2. The third-order valence-corrected chi connectivity index (χ3v) is 2.91. The summed E-state index contributed by atoms with van der Waals surface area (Å²) < 4.78 is 0.977. The Morgan fingerprint density at radius 2 is 2.50 bits per heavy atom. The van der Waals surface area contributed by atoms with Gasteiger partial charge in [0.1, 0.15) is 4.32 Å². The topological polar surface area (TPSA) is 12.0 Å². The lowest BCUT2D eigenvalue weighted by Crippen LogP contribution is -2.27. The van der Waals surface area contributed by atoms with Crippen LogP contribution in [-0.2, 0) is 0 Å². The number of hydrogen-bond acceptors (Lipinski definition) is 2. The van der Waals surface area contributed by atoms with Crippen LogP contribution in [0.15, 0.2) is 0 Å². The van der Waals surface area contributed by atoms with E-state index in [4.69, 9.17) is 12.2 Å². The Bertz CT molecular complexity index is 134. The van der Waals surface area contributed by atoms with Crippen molar-refractivity contribution < 1.29 is 0 Å². The van der Waals surface area contributed by atoms with Gasteiger partial charge in [0.05, 0.1) is 0 Å². The monoisotopic (exact) mass is 175 g/mol. The molecule has 1 rings (SSSR count). The highest BCUT2D eigenvalue weighted by Crippen LogP contribution is 2.18. The maximum atomic E-state index is 5.00. The van der Waals surface area contributed by atoms with Gasteiger partial charge in [0.25, 0.3) is 0 Å². The molecular weight excluding hydrogens is 162 g/mol. The molecule has 1 unspecified atom stereocenters. The Kier molecular flexibility index (Phi) is 2.98. The normalized spacial score (nSPS) is 25.5. The first kappa shape index (κ1) is 8.34. The van der Waals surface area contributed by atoms with Gasteiger partial charge in [0.15, 0.2) is 0 Å². The first-order valence-corrected chi connectivity index (χ1v) is 5.01. The van der Waals surface area contributed by atoms with Crippen molar-refractivity contribution in [2.75, 3.05) is 5.75 Å². The molecule has 0 bridgehead atoms. The Hall–Kier alpha value is 0.240. The van der Waals surface area contributed by atoms with Crippen LogP contribution in [-0.4, -0.2) is 16.1 Å². The van der Waals surface area contributed by atoms with E-state index in [1.54, 1.807) is 11.8 Å². The third kappa shape index (κ3) is 2.46. The molecule has 0 spiro atoms. The molecule has 1 aliphatic heterocycles. The molecule has 0 aromatic carbocycles. The number of hydrogen-bond donors (Lipinski definition) is 1. The van der Waals surface area contributed by atoms with E-state index in [1.165, 1.54) is 6.42 Å². The Morgan fingerprint density at radius 3 is 2.90 bits per heavy atom. The van der Waals surface area contributed by atoms with Crippen molar-refractivity contribution in [2.45, 2.75) is 26.3 Å². The average molecular weight is 175 g/mol. The van der Waals surface area contributed by atoms with Crippen molar-refractivity contribution in [2.24, 2.45) is 5.92 Å². The van der Waals surface area contributed by atoms with Crippen LogP contribution in [0.4, 0.5) is 0 Å². The molecule has 0 aromatic heterocycles. The van der Waals surface area contributed by atoms with Gasteiger partial charge in [-0.2, -0.15) is 0 Å². The maximum Gasteiger partial charge on any atom is 0.134 e. The van der Waals surface area contributed by atoms with E-state index in [2.05, 4.69) is 19.2 Å². The van der Waals surface area contributed by atoms with Crippen LogP contribution in [0.3, 0.4) is 0 Å². The number of nitrogens with one attached hydrogen (secondary N) is 1. The molecule has 3 heteroatoms. The summed E-state index contributed by atoms with van der Waals surface area (Å²) in [7, 11) is 0. The fourth-order valence-corrected chi connectivity index (χ4v) is 2.32. The predicted molar refractivity (Wildman–Crippen MR) is 51.4 cm³/mol. The van der Waals surface area contributed by atoms with E-state index in [-0.39, 0.29) is 0 Å². The standard InChI is InChI=1S/C7H13NS2/c1-5(2)3-6-4-10-7(9)8-6/h5-6H,3-4H2,1-2H3,(H,8,9). The quantitative estimate of drug-likeness (QED) is 0.645. The summed E-state index contributed by atoms with van der Waals surface area (Å²) in [6.07, 6.45) is 1.24. The third-order valence-electron chi connectivity index (χ3n) is 1.49. The van der Waals surface area contributed by atoms with Gasteiger partial charge in [-0.3, -0.25) is 0 Å². The van der Waals surface area contributed by atoms with Crippen molar-refractivity contribution in [1.29, 1.82) is 0 Å². The minimum Gasteiger partial charge on any atom is -0.367 e. The zero-order chi connectivity index (χ0) is 7.56. The lowest BCUT2D eigenvalue weighted by molar-refractivity contribution is 0.504. The van der Waals surface area contributed by atoms with E-state index in [0.29, 0.717) is 6.04 Å². The molecule has 1 nitrogen and oxygen atoms in total. The fraction of sp³-hybridized carbons (Fsp3) is 0.857. The van der Waals surface area contributed by atoms with Gasteiger partial charge in [-0.25, -0.2) is 0 Å². The molecule has 1 fully saturated rings. The summed E-state index contributed by atoms with van der Waals surface area (Å²) in [5, 5.41) is 3.28. The summed E-state index contributed by atoms with van der Waals surface area (Å²) in [6, 6.07) is 0.637. The average Bonchev–Trinajstić information content (AvgIpc) is 2.13. The summed E-state index contributed by atoms with van der Waals surface area (Å²) >= 11 is 6.77. The highest BCUT2D eigenvalue weighted by molar-refractivity contribution is 8.23. The van der Waals surface area contributed by atoms with Crippen LogP contribution >= 0.6 is 24.0 Å². The lowest BCUT2D eigenvalue weighted by atomic mass is 10.1. The zero-order valence-electron chi connectivity index (χ0n) is 6.39. The van der Waals surface area contributed by atoms with Gasteiger partial charge >= 0.3 is 0 Å². The number of rotatable bonds is 2. The van der Waals surface area contributed by atoms with E-state index >= 15 is 0 Å². The highest BCUT2D eigenvalue weighted by Gasteiger charge is 2.18. The maximum absolute atomic E-state index is 5.00. The van der Waals surface area contributed by atoms with Crippen LogP contribution in [0.25, 0.3) is 0 Å². The molecule has 0 saturated carbocycles. The fourth-order valence-electron chi connectivity index (χ4n) is 1.12. The molecule has 1 saturated heterocycles. The second kappa shape index (κ2) is 3.58. The molecule has 1 heterocycles. The van der Waals surface area contributed by atoms with Gasteiger partial charge < -0.3 is 5.32 Å². The van der Waals surface area contributed by atoms with Crippen molar-refractivity contribution in [3.63, 3.8) is 0 Å². The summed E-state index contributed by atoms with van der Waals surface area (Å²) in [5.74, 6) is 1.94. The zero-order valence-corrected chi connectivity index (χ0v) is 8.02. The molecule has 1 N–H and O–H groups in total. The number of thiocarbonyl (C=S) groups is 1. The number of thioether (sulfide) groups is 1. The minimum absolute atomic E-state index is 0.637. The predicted octanol–water partition coefficient (Wildman–Crippen LogP) is 2.02. The molecule has 0 radical (unpaired) electrons. The molecule has 1 aliphatic rings. The van der Waals surface area contributed by atoms with Crippen molar-refractivity contribution in [1.82, 2.24) is 5.32 Å². The first-order valence-electron chi connectivity index (χ1n) is 3.62. The Morgan fingerprint density at radius 1 is 1.80 bits per heavy atom. The molecule has 0 amide bonds. The van der Waals surface area contributed by atoms with Gasteiger partial charge in [-0.15, -0.1) is 0 Å². The largest absolute Gasteiger partial charge is 0.367 e. The minimum atomic E-state index is 0.637. The second-order valence-electron chi connectivity index (χ2n) is 3.07. The van der Waals surface area contributed by atoms with E-state index in [0.717, 1.165) is 16.0 Å². The molecule has 0 aliphatic carbocycles. The molecule has 0 aromatic rings. The molecule has 10 heavy (non-hydrogen) atoms. The Balaban J connectivity index is 2.24. The van der Waals surface area contributed by atoms with Crippen molar-refractivity contribution in [3.8, 4) is 0 Å². The van der Waals surface area contributed by atoms with Crippen molar-refractivity contribution >= 4 is 28.3 Å². The van der Waals surface area contributed by atoms with E-state index in [9.17, 15) is 0 Å². The summed E-state index contributed by atoms with van der Waals surface area (Å²) in [5.41, 5.74) is 0. The van der Waals surface area contributed by atoms with Gasteiger partial charge in [-0.05, 0) is 12.3 Å². The van der Waals surface area contributed by atoms with E-state index in [1.807, 2.05) is 0 Å². The van der Waals surface area contributed by atoms with E-state index < -0.39 is 0 Å². The molecule has 58 valence electrons. The first-order chi connectivity index (χ1) is 4.68. The Labute approximate surface area is 72.0 Å². The SMILES string of the molecule is CC(C)CC1CSC(=S)N1. The van der Waals surface area contributed by atoms with Crippen LogP contribution in [0.2, 0.25) is 0 Å². The molecule has 1 atom stereocenters. The van der Waals surface area contributed by atoms with Gasteiger partial charge in [0, 0.05) is 11.8 Å². The summed E-state index contributed by atoms with van der Waals surface area (Å²) in [4.78, 5) is 0. The van der Waals surface area contributed by atoms with Crippen LogP contribution in [0.1, 0.15) is 20.3 Å². The van der Waals surface area contributed by atoms with Gasteiger partial charge in [0.2, 0.25) is 0 Å². The van der Waals surface area contributed by atoms with Crippen LogP contribution in [0.5, 0.6) is 0 Å². The smallest absolute Gasteiger partial charge is 0.134 e. The summed E-state index contributed by atoms with van der Waals surface area (Å²) in [6.45, 7) is 4.49. The lowest BCUT2D eigenvalue weighted by Gasteiger charge is -2.11. The second-order valence-corrected chi connectivity index (χ2v) is 4.77. The van der Waals surface area contributed by atoms with Crippen molar-refractivity contribution in [3.05, 3.63) is 0 Å². The highest BCUT2D eigenvalue weighted by atomic mass is 32.2. The van der Waals surface area contributed by atoms with Crippen LogP contribution in [0, 0.1) is 5.92 Å².